The number of benzene rings is 1. The third-order valence-electron chi connectivity index (χ3n) is 3.62. The standard InChI is InChI=1S/C16H20N2O3/c1-5-21-15(19)13-11(3)18(4)16(20)17-14(13)12-8-6-7-10(2)9-12/h6-9,14H,5H2,1-4H3,(H,17,20). The van der Waals surface area contributed by atoms with E-state index in [1.54, 1.807) is 20.9 Å². The van der Waals surface area contributed by atoms with E-state index in [0.29, 0.717) is 17.9 Å². The molecule has 5 nitrogen and oxygen atoms in total. The van der Waals surface area contributed by atoms with Crippen LogP contribution in [0, 0.1) is 6.92 Å². The molecule has 1 aliphatic heterocycles. The summed E-state index contributed by atoms with van der Waals surface area (Å²) in [5.41, 5.74) is 3.04. The van der Waals surface area contributed by atoms with Crippen LogP contribution in [0.3, 0.4) is 0 Å². The third-order valence-corrected chi connectivity index (χ3v) is 3.62. The summed E-state index contributed by atoms with van der Waals surface area (Å²) in [7, 11) is 1.64. The van der Waals surface area contributed by atoms with Crippen molar-refractivity contribution in [3.05, 3.63) is 46.7 Å². The highest BCUT2D eigenvalue weighted by Gasteiger charge is 2.34. The second kappa shape index (κ2) is 5.99. The molecule has 5 heteroatoms. The van der Waals surface area contributed by atoms with Crippen LogP contribution >= 0.6 is 0 Å². The molecule has 0 aliphatic carbocycles. The Morgan fingerprint density at radius 2 is 2.10 bits per heavy atom. The van der Waals surface area contributed by atoms with Crippen LogP contribution in [0.2, 0.25) is 0 Å². The molecule has 2 amide bonds. The van der Waals surface area contributed by atoms with Crippen LogP contribution in [0.1, 0.15) is 31.0 Å². The number of urea groups is 1. The molecular weight excluding hydrogens is 268 g/mol. The Labute approximate surface area is 124 Å². The lowest BCUT2D eigenvalue weighted by Gasteiger charge is -2.33. The van der Waals surface area contributed by atoms with E-state index in [2.05, 4.69) is 5.32 Å². The van der Waals surface area contributed by atoms with Crippen LogP contribution < -0.4 is 5.32 Å². The van der Waals surface area contributed by atoms with Gasteiger partial charge in [0.15, 0.2) is 0 Å². The van der Waals surface area contributed by atoms with Gasteiger partial charge in [-0.05, 0) is 26.3 Å². The van der Waals surface area contributed by atoms with Gasteiger partial charge in [0.25, 0.3) is 0 Å². The Balaban J connectivity index is 2.51. The number of carbonyl (C=O) groups is 2. The predicted octanol–water partition coefficient (Wildman–Crippen LogP) is 2.53. The summed E-state index contributed by atoms with van der Waals surface area (Å²) in [6, 6.07) is 7.03. The Hall–Kier alpha value is -2.30. The van der Waals surface area contributed by atoms with Crippen molar-refractivity contribution in [3.63, 3.8) is 0 Å². The molecule has 1 aromatic carbocycles. The highest BCUT2D eigenvalue weighted by atomic mass is 16.5. The summed E-state index contributed by atoms with van der Waals surface area (Å²) in [4.78, 5) is 25.7. The number of ether oxygens (including phenoxy) is 1. The number of hydrogen-bond donors (Lipinski definition) is 1. The van der Waals surface area contributed by atoms with E-state index in [1.807, 2.05) is 31.2 Å². The maximum Gasteiger partial charge on any atom is 0.338 e. The zero-order valence-electron chi connectivity index (χ0n) is 12.8. The average molecular weight is 288 g/mol. The fraction of sp³-hybridized carbons (Fsp3) is 0.375. The van der Waals surface area contributed by atoms with Crippen molar-refractivity contribution in [2.24, 2.45) is 0 Å². The third kappa shape index (κ3) is 2.91. The summed E-state index contributed by atoms with van der Waals surface area (Å²) in [5, 5.41) is 2.86. The number of nitrogens with one attached hydrogen (secondary N) is 1. The normalized spacial score (nSPS) is 18.6. The molecule has 112 valence electrons. The van der Waals surface area contributed by atoms with Crippen molar-refractivity contribution in [2.75, 3.05) is 13.7 Å². The van der Waals surface area contributed by atoms with Crippen LogP contribution in [0.15, 0.2) is 35.5 Å². The maximum atomic E-state index is 12.3. The van der Waals surface area contributed by atoms with E-state index in [9.17, 15) is 9.59 Å². The van der Waals surface area contributed by atoms with Gasteiger partial charge in [-0.3, -0.25) is 0 Å². The minimum Gasteiger partial charge on any atom is -0.463 e. The highest BCUT2D eigenvalue weighted by molar-refractivity contribution is 5.94. The van der Waals surface area contributed by atoms with E-state index in [1.165, 1.54) is 4.90 Å². The van der Waals surface area contributed by atoms with Crippen molar-refractivity contribution < 1.29 is 14.3 Å². The molecule has 0 aromatic heterocycles. The second-order valence-corrected chi connectivity index (χ2v) is 5.08. The van der Waals surface area contributed by atoms with Gasteiger partial charge in [-0.15, -0.1) is 0 Å². The van der Waals surface area contributed by atoms with Gasteiger partial charge in [-0.25, -0.2) is 9.59 Å². The zero-order chi connectivity index (χ0) is 15.6. The van der Waals surface area contributed by atoms with Crippen LogP contribution in [0.25, 0.3) is 0 Å². The van der Waals surface area contributed by atoms with Crippen molar-refractivity contribution >= 4 is 12.0 Å². The maximum absolute atomic E-state index is 12.3. The number of esters is 1. The molecule has 0 fully saturated rings. The van der Waals surface area contributed by atoms with Gasteiger partial charge >= 0.3 is 12.0 Å². The van der Waals surface area contributed by atoms with E-state index < -0.39 is 12.0 Å². The summed E-state index contributed by atoms with van der Waals surface area (Å²) in [6.45, 7) is 5.79. The summed E-state index contributed by atoms with van der Waals surface area (Å²) in [5.74, 6) is -0.395. The molecule has 1 aliphatic rings. The molecule has 0 saturated carbocycles. The first-order valence-corrected chi connectivity index (χ1v) is 6.94. The monoisotopic (exact) mass is 288 g/mol. The molecule has 1 N–H and O–H groups in total. The lowest BCUT2D eigenvalue weighted by molar-refractivity contribution is -0.139. The lowest BCUT2D eigenvalue weighted by Crippen LogP contribution is -2.46. The Kier molecular flexibility index (Phi) is 4.31. The van der Waals surface area contributed by atoms with Crippen LogP contribution in [-0.4, -0.2) is 30.6 Å². The molecule has 0 saturated heterocycles. The summed E-state index contributed by atoms with van der Waals surface area (Å²) < 4.78 is 5.14. The largest absolute Gasteiger partial charge is 0.463 e. The van der Waals surface area contributed by atoms with Gasteiger partial charge in [0.05, 0.1) is 18.2 Å². The molecular formula is C16H20N2O3. The average Bonchev–Trinajstić information content (AvgIpc) is 2.44. The minimum absolute atomic E-state index is 0.230. The first-order valence-electron chi connectivity index (χ1n) is 6.94. The van der Waals surface area contributed by atoms with Gasteiger partial charge in [-0.1, -0.05) is 29.8 Å². The molecule has 0 bridgehead atoms. The molecule has 1 heterocycles. The number of aryl methyl sites for hydroxylation is 1. The number of amides is 2. The van der Waals surface area contributed by atoms with Gasteiger partial charge in [-0.2, -0.15) is 0 Å². The number of allylic oxidation sites excluding steroid dienone is 1. The van der Waals surface area contributed by atoms with Gasteiger partial charge in [0, 0.05) is 12.7 Å². The van der Waals surface area contributed by atoms with Crippen LogP contribution in [0.4, 0.5) is 4.79 Å². The number of rotatable bonds is 3. The quantitative estimate of drug-likeness (QED) is 0.869. The van der Waals surface area contributed by atoms with Gasteiger partial charge in [0.1, 0.15) is 0 Å². The molecule has 1 atom stereocenters. The first-order chi connectivity index (χ1) is 9.95. The molecule has 1 aromatic rings. The van der Waals surface area contributed by atoms with Crippen molar-refractivity contribution in [1.82, 2.24) is 10.2 Å². The fourth-order valence-electron chi connectivity index (χ4n) is 2.41. The highest BCUT2D eigenvalue weighted by Crippen LogP contribution is 2.30. The van der Waals surface area contributed by atoms with Crippen LogP contribution in [0.5, 0.6) is 0 Å². The summed E-state index contributed by atoms with van der Waals surface area (Å²) in [6.07, 6.45) is 0. The Bertz CT molecular complexity index is 607. The number of hydrogen-bond acceptors (Lipinski definition) is 3. The predicted molar refractivity (Wildman–Crippen MR) is 79.5 cm³/mol. The molecule has 0 spiro atoms. The Morgan fingerprint density at radius 1 is 1.38 bits per heavy atom. The van der Waals surface area contributed by atoms with E-state index in [0.717, 1.165) is 11.1 Å². The van der Waals surface area contributed by atoms with Crippen molar-refractivity contribution in [2.45, 2.75) is 26.8 Å². The molecule has 1 unspecified atom stereocenters. The lowest BCUT2D eigenvalue weighted by atomic mass is 9.94. The van der Waals surface area contributed by atoms with Gasteiger partial charge in [0.2, 0.25) is 0 Å². The minimum atomic E-state index is -0.479. The fourth-order valence-corrected chi connectivity index (χ4v) is 2.41. The zero-order valence-corrected chi connectivity index (χ0v) is 12.8. The Morgan fingerprint density at radius 3 is 2.71 bits per heavy atom. The van der Waals surface area contributed by atoms with E-state index in [-0.39, 0.29) is 6.03 Å². The molecule has 21 heavy (non-hydrogen) atoms. The number of nitrogens with zero attached hydrogens (tertiary/aromatic N) is 1. The molecule has 0 radical (unpaired) electrons. The molecule has 2 rings (SSSR count). The number of carbonyl (C=O) groups excluding carboxylic acids is 2. The van der Waals surface area contributed by atoms with Crippen LogP contribution in [-0.2, 0) is 9.53 Å². The SMILES string of the molecule is CCOC(=O)C1=C(C)N(C)C(=O)NC1c1cccc(C)c1. The first kappa shape index (κ1) is 15.1. The summed E-state index contributed by atoms with van der Waals surface area (Å²) >= 11 is 0. The smallest absolute Gasteiger partial charge is 0.338 e. The topological polar surface area (TPSA) is 58.6 Å². The van der Waals surface area contributed by atoms with Crippen molar-refractivity contribution in [1.29, 1.82) is 0 Å². The van der Waals surface area contributed by atoms with Crippen molar-refractivity contribution in [3.8, 4) is 0 Å². The van der Waals surface area contributed by atoms with E-state index in [4.69, 9.17) is 4.74 Å². The van der Waals surface area contributed by atoms with E-state index >= 15 is 0 Å². The van der Waals surface area contributed by atoms with Gasteiger partial charge < -0.3 is 15.0 Å². The second-order valence-electron chi connectivity index (χ2n) is 5.08.